The fraction of sp³-hybridized carbons (Fsp3) is 0.154. The number of hydrogen-bond acceptors (Lipinski definition) is 4. The highest BCUT2D eigenvalue weighted by Gasteiger charge is 2.14. The monoisotopic (exact) mass is 280 g/mol. The molecule has 0 saturated carbocycles. The maximum Gasteiger partial charge on any atom is 0.371 e. The van der Waals surface area contributed by atoms with Crippen LogP contribution in [0.5, 0.6) is 5.75 Å². The normalized spacial score (nSPS) is 12.1. The van der Waals surface area contributed by atoms with E-state index in [0.717, 1.165) is 0 Å². The minimum absolute atomic E-state index is 0.105. The fourth-order valence-electron chi connectivity index (χ4n) is 1.58. The van der Waals surface area contributed by atoms with Gasteiger partial charge in [-0.2, -0.15) is 0 Å². The predicted octanol–water partition coefficient (Wildman–Crippen LogP) is 2.29. The fourth-order valence-corrected chi connectivity index (χ4v) is 2.76. The lowest BCUT2D eigenvalue weighted by Crippen LogP contribution is -1.99. The number of rotatable bonds is 5. The summed E-state index contributed by atoms with van der Waals surface area (Å²) in [5, 5.41) is 8.74. The van der Waals surface area contributed by atoms with Crippen LogP contribution < -0.4 is 4.74 Å². The summed E-state index contributed by atoms with van der Waals surface area (Å²) >= 11 is 0. The number of hydrogen-bond donors (Lipinski definition) is 1. The van der Waals surface area contributed by atoms with Gasteiger partial charge in [0.05, 0.1) is 28.6 Å². The first-order valence-corrected chi connectivity index (χ1v) is 6.77. The van der Waals surface area contributed by atoms with Crippen LogP contribution in [0, 0.1) is 0 Å². The highest BCUT2D eigenvalue weighted by atomic mass is 32.2. The smallest absolute Gasteiger partial charge is 0.371 e. The van der Waals surface area contributed by atoms with Gasteiger partial charge in [-0.3, -0.25) is 4.21 Å². The van der Waals surface area contributed by atoms with Crippen LogP contribution in [0.1, 0.15) is 16.3 Å². The topological polar surface area (TPSA) is 76.7 Å². The van der Waals surface area contributed by atoms with E-state index in [1.807, 2.05) is 0 Å². The van der Waals surface area contributed by atoms with E-state index in [2.05, 4.69) is 0 Å². The van der Waals surface area contributed by atoms with E-state index in [9.17, 15) is 9.00 Å². The van der Waals surface area contributed by atoms with E-state index >= 15 is 0 Å². The molecular weight excluding hydrogens is 268 g/mol. The van der Waals surface area contributed by atoms with Crippen molar-refractivity contribution >= 4 is 16.8 Å². The number of benzene rings is 1. The summed E-state index contributed by atoms with van der Waals surface area (Å²) in [6.07, 6.45) is 0. The maximum atomic E-state index is 12.2. The zero-order valence-corrected chi connectivity index (χ0v) is 11.0. The van der Waals surface area contributed by atoms with Gasteiger partial charge in [-0.15, -0.1) is 0 Å². The Kier molecular flexibility index (Phi) is 4.01. The summed E-state index contributed by atoms with van der Waals surface area (Å²) in [4.78, 5) is 11.2. The Morgan fingerprint density at radius 1 is 1.32 bits per heavy atom. The second kappa shape index (κ2) is 5.71. The van der Waals surface area contributed by atoms with E-state index in [1.54, 1.807) is 24.3 Å². The van der Waals surface area contributed by atoms with E-state index in [-0.39, 0.29) is 11.5 Å². The van der Waals surface area contributed by atoms with Crippen molar-refractivity contribution in [2.75, 3.05) is 7.11 Å². The summed E-state index contributed by atoms with van der Waals surface area (Å²) in [6.45, 7) is 0. The van der Waals surface area contributed by atoms with Crippen molar-refractivity contribution in [3.63, 3.8) is 0 Å². The Morgan fingerprint density at radius 2 is 2.05 bits per heavy atom. The van der Waals surface area contributed by atoms with Crippen molar-refractivity contribution in [3.8, 4) is 5.75 Å². The molecule has 1 aromatic carbocycles. The lowest BCUT2D eigenvalue weighted by atomic mass is 10.3. The number of carboxylic acids is 1. The number of carboxylic acid groups (broad SMARTS) is 1. The Bertz CT molecular complexity index is 617. The molecule has 0 unspecified atom stereocenters. The molecule has 0 radical (unpaired) electrons. The summed E-state index contributed by atoms with van der Waals surface area (Å²) in [5.41, 5.74) is 0. The summed E-state index contributed by atoms with van der Waals surface area (Å²) in [5.74, 6) is -0.304. The molecule has 1 atom stereocenters. The van der Waals surface area contributed by atoms with E-state index in [4.69, 9.17) is 14.3 Å². The van der Waals surface area contributed by atoms with Crippen LogP contribution in [0.4, 0.5) is 0 Å². The zero-order valence-electron chi connectivity index (χ0n) is 10.2. The highest BCUT2D eigenvalue weighted by molar-refractivity contribution is 7.84. The van der Waals surface area contributed by atoms with E-state index < -0.39 is 16.8 Å². The van der Waals surface area contributed by atoms with Crippen LogP contribution in [0.3, 0.4) is 0 Å². The SMILES string of the molecule is COc1ccccc1[S@@](=O)Cc1ccc(C(=O)O)o1. The molecular formula is C13H12O5S. The lowest BCUT2D eigenvalue weighted by Gasteiger charge is -2.06. The Hall–Kier alpha value is -2.08. The molecule has 6 heteroatoms. The molecule has 0 aliphatic rings. The van der Waals surface area contributed by atoms with Crippen molar-refractivity contribution in [2.24, 2.45) is 0 Å². The van der Waals surface area contributed by atoms with Gasteiger partial charge in [-0.1, -0.05) is 12.1 Å². The standard InChI is InChI=1S/C13H12O5S/c1-17-10-4-2-3-5-12(10)19(16)8-9-6-7-11(18-9)13(14)15/h2-7H,8H2,1H3,(H,14,15)/t19-/m0/s1. The van der Waals surface area contributed by atoms with Crippen molar-refractivity contribution in [2.45, 2.75) is 10.6 Å². The molecule has 2 aromatic rings. The molecule has 0 saturated heterocycles. The van der Waals surface area contributed by atoms with Gasteiger partial charge in [0.15, 0.2) is 0 Å². The van der Waals surface area contributed by atoms with Crippen molar-refractivity contribution in [3.05, 3.63) is 47.9 Å². The third-order valence-electron chi connectivity index (χ3n) is 2.46. The van der Waals surface area contributed by atoms with Crippen molar-refractivity contribution in [1.82, 2.24) is 0 Å². The van der Waals surface area contributed by atoms with Gasteiger partial charge in [-0.05, 0) is 24.3 Å². The number of furan rings is 1. The molecule has 0 fully saturated rings. The largest absolute Gasteiger partial charge is 0.495 e. The van der Waals surface area contributed by atoms with Crippen LogP contribution in [-0.4, -0.2) is 22.4 Å². The van der Waals surface area contributed by atoms with Crippen LogP contribution in [-0.2, 0) is 16.6 Å². The van der Waals surface area contributed by atoms with Crippen molar-refractivity contribution in [1.29, 1.82) is 0 Å². The molecule has 1 heterocycles. The summed E-state index contributed by atoms with van der Waals surface area (Å²) < 4.78 is 22.4. The Morgan fingerprint density at radius 3 is 2.68 bits per heavy atom. The van der Waals surface area contributed by atoms with Gasteiger partial charge >= 0.3 is 5.97 Å². The first-order chi connectivity index (χ1) is 9.11. The zero-order chi connectivity index (χ0) is 13.8. The first-order valence-electron chi connectivity index (χ1n) is 5.45. The third-order valence-corrected chi connectivity index (χ3v) is 3.83. The Balaban J connectivity index is 2.18. The van der Waals surface area contributed by atoms with E-state index in [1.165, 1.54) is 19.2 Å². The predicted molar refractivity (Wildman–Crippen MR) is 68.8 cm³/mol. The molecule has 1 N–H and O–H groups in total. The molecule has 2 rings (SSSR count). The molecule has 0 aliphatic heterocycles. The number of para-hydroxylation sites is 1. The number of aromatic carboxylic acids is 1. The van der Waals surface area contributed by atoms with Gasteiger partial charge in [0.1, 0.15) is 11.5 Å². The molecule has 100 valence electrons. The average molecular weight is 280 g/mol. The lowest BCUT2D eigenvalue weighted by molar-refractivity contribution is 0.0661. The van der Waals surface area contributed by atoms with Crippen LogP contribution in [0.15, 0.2) is 45.7 Å². The molecule has 19 heavy (non-hydrogen) atoms. The summed E-state index contributed by atoms with van der Waals surface area (Å²) in [7, 11) is 0.148. The highest BCUT2D eigenvalue weighted by Crippen LogP contribution is 2.23. The molecule has 5 nitrogen and oxygen atoms in total. The number of carbonyl (C=O) groups is 1. The minimum atomic E-state index is -1.36. The van der Waals surface area contributed by atoms with Crippen molar-refractivity contribution < 1.29 is 23.3 Å². The quantitative estimate of drug-likeness (QED) is 0.909. The van der Waals surface area contributed by atoms with Crippen LogP contribution in [0.25, 0.3) is 0 Å². The van der Waals surface area contributed by atoms with Gasteiger partial charge in [-0.25, -0.2) is 4.79 Å². The second-order valence-electron chi connectivity index (χ2n) is 3.71. The third kappa shape index (κ3) is 3.03. The minimum Gasteiger partial charge on any atom is -0.495 e. The van der Waals surface area contributed by atoms with Gasteiger partial charge in [0.25, 0.3) is 0 Å². The number of methoxy groups -OCH3 is 1. The van der Waals surface area contributed by atoms with Crippen LogP contribution >= 0.6 is 0 Å². The second-order valence-corrected chi connectivity index (χ2v) is 5.13. The van der Waals surface area contributed by atoms with E-state index in [0.29, 0.717) is 16.4 Å². The molecule has 1 aromatic heterocycles. The first kappa shape index (κ1) is 13.4. The molecule has 0 amide bonds. The molecule has 0 spiro atoms. The van der Waals surface area contributed by atoms with Gasteiger partial charge in [0.2, 0.25) is 5.76 Å². The van der Waals surface area contributed by atoms with Crippen LogP contribution in [0.2, 0.25) is 0 Å². The van der Waals surface area contributed by atoms with Gasteiger partial charge in [0, 0.05) is 0 Å². The Labute approximate surface area is 112 Å². The van der Waals surface area contributed by atoms with Gasteiger partial charge < -0.3 is 14.3 Å². The summed E-state index contributed by atoms with van der Waals surface area (Å²) in [6, 6.07) is 9.83. The average Bonchev–Trinajstić information content (AvgIpc) is 2.87. The molecule has 0 aliphatic carbocycles. The number of ether oxygens (including phenoxy) is 1. The maximum absolute atomic E-state index is 12.2. The molecule has 0 bridgehead atoms.